The number of fused-ring (bicyclic) bond motifs is 1. The van der Waals surface area contributed by atoms with E-state index in [2.05, 4.69) is 35.0 Å². The zero-order chi connectivity index (χ0) is 12.8. The Kier molecular flexibility index (Phi) is 3.36. The minimum absolute atomic E-state index is 0.340. The molecule has 1 nitrogen and oxygen atoms in total. The molecule has 2 unspecified atom stereocenters. The third-order valence-electron chi connectivity index (χ3n) is 4.22. The lowest BCUT2D eigenvalue weighted by molar-refractivity contribution is 0.317. The molecule has 0 bridgehead atoms. The summed E-state index contributed by atoms with van der Waals surface area (Å²) in [7, 11) is 0. The molecular weight excluding hydrogens is 312 g/mol. The van der Waals surface area contributed by atoms with Crippen LogP contribution < -0.4 is 4.74 Å². The second-order valence-corrected chi connectivity index (χ2v) is 7.51. The van der Waals surface area contributed by atoms with Gasteiger partial charge in [-0.2, -0.15) is 0 Å². The van der Waals surface area contributed by atoms with Gasteiger partial charge in [0, 0.05) is 16.3 Å². The summed E-state index contributed by atoms with van der Waals surface area (Å²) in [5, 5.41) is 0.358. The first-order valence-corrected chi connectivity index (χ1v) is 7.87. The molecule has 2 aliphatic rings. The van der Waals surface area contributed by atoms with Crippen LogP contribution in [0.2, 0.25) is 0 Å². The lowest BCUT2D eigenvalue weighted by Crippen LogP contribution is -2.16. The van der Waals surface area contributed by atoms with Crippen LogP contribution in [0.3, 0.4) is 0 Å². The van der Waals surface area contributed by atoms with Crippen molar-refractivity contribution in [3.8, 4) is 5.75 Å². The van der Waals surface area contributed by atoms with Gasteiger partial charge in [-0.25, -0.2) is 0 Å². The number of alkyl halides is 1. The van der Waals surface area contributed by atoms with E-state index in [0.717, 1.165) is 38.0 Å². The standard InChI is InChI=1S/C15H18BrClO/c1-15(4-2-13(17)9-15)8-11-7-12(16)6-10-3-5-18-14(10)11/h6-7,13H,2-5,8-9H2,1H3. The largest absolute Gasteiger partial charge is 0.493 e. The minimum atomic E-state index is 0.340. The number of ether oxygens (including phenoxy) is 1. The molecule has 3 heteroatoms. The van der Waals surface area contributed by atoms with E-state index in [-0.39, 0.29) is 0 Å². The summed E-state index contributed by atoms with van der Waals surface area (Å²) in [6, 6.07) is 4.41. The highest BCUT2D eigenvalue weighted by Crippen LogP contribution is 2.45. The van der Waals surface area contributed by atoms with Crippen molar-refractivity contribution in [3.63, 3.8) is 0 Å². The molecule has 0 amide bonds. The first kappa shape index (κ1) is 12.8. The van der Waals surface area contributed by atoms with Gasteiger partial charge in [-0.05, 0) is 54.4 Å². The van der Waals surface area contributed by atoms with Crippen molar-refractivity contribution in [2.45, 2.75) is 44.4 Å². The topological polar surface area (TPSA) is 9.23 Å². The fourth-order valence-electron chi connectivity index (χ4n) is 3.34. The predicted molar refractivity (Wildman–Crippen MR) is 78.6 cm³/mol. The molecule has 0 saturated heterocycles. The van der Waals surface area contributed by atoms with Gasteiger partial charge in [-0.15, -0.1) is 11.6 Å². The van der Waals surface area contributed by atoms with E-state index >= 15 is 0 Å². The summed E-state index contributed by atoms with van der Waals surface area (Å²) < 4.78 is 6.98. The molecule has 98 valence electrons. The van der Waals surface area contributed by atoms with Gasteiger partial charge in [0.25, 0.3) is 0 Å². The Morgan fingerprint density at radius 2 is 2.33 bits per heavy atom. The van der Waals surface area contributed by atoms with Crippen molar-refractivity contribution in [1.29, 1.82) is 0 Å². The van der Waals surface area contributed by atoms with Crippen molar-refractivity contribution in [2.75, 3.05) is 6.61 Å². The zero-order valence-corrected chi connectivity index (χ0v) is 13.0. The van der Waals surface area contributed by atoms with Crippen LogP contribution in [0.25, 0.3) is 0 Å². The number of rotatable bonds is 2. The summed E-state index contributed by atoms with van der Waals surface area (Å²) in [6.45, 7) is 3.19. The highest BCUT2D eigenvalue weighted by molar-refractivity contribution is 9.10. The average molecular weight is 330 g/mol. The van der Waals surface area contributed by atoms with E-state index < -0.39 is 0 Å². The van der Waals surface area contributed by atoms with E-state index in [1.807, 2.05) is 0 Å². The Morgan fingerprint density at radius 3 is 3.06 bits per heavy atom. The van der Waals surface area contributed by atoms with Crippen LogP contribution in [-0.2, 0) is 12.8 Å². The fraction of sp³-hybridized carbons (Fsp3) is 0.600. The fourth-order valence-corrected chi connectivity index (χ4v) is 4.38. The third kappa shape index (κ3) is 2.42. The monoisotopic (exact) mass is 328 g/mol. The molecular formula is C15H18BrClO. The van der Waals surface area contributed by atoms with Gasteiger partial charge >= 0.3 is 0 Å². The molecule has 3 rings (SSSR count). The molecule has 0 spiro atoms. The number of benzene rings is 1. The molecule has 18 heavy (non-hydrogen) atoms. The molecule has 2 atom stereocenters. The van der Waals surface area contributed by atoms with Crippen molar-refractivity contribution < 1.29 is 4.74 Å². The van der Waals surface area contributed by atoms with Gasteiger partial charge in [0.1, 0.15) is 5.75 Å². The van der Waals surface area contributed by atoms with Crippen LogP contribution in [-0.4, -0.2) is 12.0 Å². The first-order valence-electron chi connectivity index (χ1n) is 6.64. The van der Waals surface area contributed by atoms with Crippen LogP contribution in [0.1, 0.15) is 37.3 Å². The zero-order valence-electron chi connectivity index (χ0n) is 10.6. The Balaban J connectivity index is 1.89. The molecule has 1 heterocycles. The summed E-state index contributed by atoms with van der Waals surface area (Å²) in [4.78, 5) is 0. The maximum atomic E-state index is 6.27. The van der Waals surface area contributed by atoms with Crippen molar-refractivity contribution in [1.82, 2.24) is 0 Å². The van der Waals surface area contributed by atoms with Crippen LogP contribution in [0.5, 0.6) is 5.75 Å². The molecule has 0 N–H and O–H groups in total. The highest BCUT2D eigenvalue weighted by atomic mass is 79.9. The quantitative estimate of drug-likeness (QED) is 0.713. The van der Waals surface area contributed by atoms with Crippen molar-refractivity contribution >= 4 is 27.5 Å². The lowest BCUT2D eigenvalue weighted by Gasteiger charge is -2.25. The van der Waals surface area contributed by atoms with E-state index in [1.54, 1.807) is 0 Å². The van der Waals surface area contributed by atoms with Gasteiger partial charge in [-0.1, -0.05) is 22.9 Å². The second kappa shape index (κ2) is 4.72. The molecule has 1 saturated carbocycles. The van der Waals surface area contributed by atoms with Crippen molar-refractivity contribution in [2.24, 2.45) is 5.41 Å². The van der Waals surface area contributed by atoms with E-state index in [9.17, 15) is 0 Å². The molecule has 0 radical (unpaired) electrons. The first-order chi connectivity index (χ1) is 8.56. The molecule has 1 aliphatic heterocycles. The van der Waals surface area contributed by atoms with Gasteiger partial charge < -0.3 is 4.74 Å². The summed E-state index contributed by atoms with van der Waals surface area (Å²) >= 11 is 9.88. The Hall–Kier alpha value is -0.210. The van der Waals surface area contributed by atoms with Gasteiger partial charge in [0.05, 0.1) is 6.61 Å². The second-order valence-electron chi connectivity index (χ2n) is 5.98. The Morgan fingerprint density at radius 1 is 1.50 bits per heavy atom. The highest BCUT2D eigenvalue weighted by Gasteiger charge is 2.35. The number of hydrogen-bond donors (Lipinski definition) is 0. The predicted octanol–water partition coefficient (Wildman–Crippen LogP) is 4.72. The summed E-state index contributed by atoms with van der Waals surface area (Å²) in [5.74, 6) is 1.14. The molecule has 1 aromatic rings. The van der Waals surface area contributed by atoms with Gasteiger partial charge in [0.2, 0.25) is 0 Å². The van der Waals surface area contributed by atoms with E-state index in [0.29, 0.717) is 10.8 Å². The minimum Gasteiger partial charge on any atom is -0.493 e. The van der Waals surface area contributed by atoms with Crippen LogP contribution >= 0.6 is 27.5 Å². The molecule has 1 fully saturated rings. The molecule has 1 aliphatic carbocycles. The maximum absolute atomic E-state index is 6.27. The third-order valence-corrected chi connectivity index (χ3v) is 5.05. The molecule has 0 aromatic heterocycles. The van der Waals surface area contributed by atoms with Gasteiger partial charge in [-0.3, -0.25) is 0 Å². The molecule has 1 aromatic carbocycles. The van der Waals surface area contributed by atoms with E-state index in [4.69, 9.17) is 16.3 Å². The smallest absolute Gasteiger partial charge is 0.125 e. The Bertz CT molecular complexity index is 474. The SMILES string of the molecule is CC1(Cc2cc(Br)cc3c2OCC3)CCC(Cl)C1. The van der Waals surface area contributed by atoms with Gasteiger partial charge in [0.15, 0.2) is 0 Å². The summed E-state index contributed by atoms with van der Waals surface area (Å²) in [5.41, 5.74) is 3.04. The van der Waals surface area contributed by atoms with Crippen LogP contribution in [0.15, 0.2) is 16.6 Å². The number of hydrogen-bond acceptors (Lipinski definition) is 1. The number of halogens is 2. The summed E-state index contributed by atoms with van der Waals surface area (Å²) in [6.07, 6.45) is 5.61. The Labute approximate surface area is 122 Å². The van der Waals surface area contributed by atoms with Crippen LogP contribution in [0.4, 0.5) is 0 Å². The van der Waals surface area contributed by atoms with Crippen LogP contribution in [0, 0.1) is 5.41 Å². The normalized spacial score (nSPS) is 30.3. The van der Waals surface area contributed by atoms with Crippen molar-refractivity contribution in [3.05, 3.63) is 27.7 Å². The average Bonchev–Trinajstić information content (AvgIpc) is 2.85. The lowest BCUT2D eigenvalue weighted by atomic mass is 9.81. The van der Waals surface area contributed by atoms with E-state index in [1.165, 1.54) is 22.0 Å². The maximum Gasteiger partial charge on any atom is 0.125 e.